The monoisotopic (exact) mass is 312 g/mol. The fraction of sp³-hybridized carbons (Fsp3) is 0.500. The highest BCUT2D eigenvalue weighted by Gasteiger charge is 2.25. The Morgan fingerprint density at radius 2 is 1.81 bits per heavy atom. The Hall–Kier alpha value is -1.60. The van der Waals surface area contributed by atoms with Gasteiger partial charge in [-0.15, -0.1) is 0 Å². The zero-order chi connectivity index (χ0) is 15.5. The second kappa shape index (κ2) is 6.44. The van der Waals surface area contributed by atoms with Crippen LogP contribution in [0.3, 0.4) is 0 Å². The van der Waals surface area contributed by atoms with Crippen molar-refractivity contribution < 1.29 is 17.9 Å². The molecule has 1 aromatic rings. The van der Waals surface area contributed by atoms with Gasteiger partial charge in [0.25, 0.3) is 0 Å². The van der Waals surface area contributed by atoms with E-state index in [4.69, 9.17) is 4.74 Å². The average Bonchev–Trinajstić information content (AvgIpc) is 2.46. The average molecular weight is 312 g/mol. The van der Waals surface area contributed by atoms with Crippen molar-refractivity contribution >= 4 is 27.3 Å². The molecule has 0 aliphatic carbocycles. The molecule has 7 heteroatoms. The second-order valence-electron chi connectivity index (χ2n) is 5.21. The Bertz CT molecular complexity index is 592. The predicted molar refractivity (Wildman–Crippen MR) is 81.9 cm³/mol. The van der Waals surface area contributed by atoms with Crippen LogP contribution < -0.4 is 9.62 Å². The summed E-state index contributed by atoms with van der Waals surface area (Å²) in [6, 6.07) is 6.74. The molecule has 1 aliphatic rings. The molecule has 1 heterocycles. The van der Waals surface area contributed by atoms with E-state index in [-0.39, 0.29) is 11.8 Å². The molecular weight excluding hydrogens is 292 g/mol. The zero-order valence-electron chi connectivity index (χ0n) is 12.2. The fourth-order valence-corrected chi connectivity index (χ4v) is 2.88. The Morgan fingerprint density at radius 1 is 1.24 bits per heavy atom. The van der Waals surface area contributed by atoms with Crippen LogP contribution in [0.2, 0.25) is 0 Å². The van der Waals surface area contributed by atoms with Crippen LogP contribution in [-0.2, 0) is 19.6 Å². The lowest BCUT2D eigenvalue weighted by Crippen LogP contribution is -2.35. The number of ether oxygens (including phenoxy) is 1. The van der Waals surface area contributed by atoms with Gasteiger partial charge in [0.2, 0.25) is 15.9 Å². The van der Waals surface area contributed by atoms with E-state index in [1.54, 1.807) is 36.2 Å². The first-order valence-electron chi connectivity index (χ1n) is 6.80. The molecule has 1 N–H and O–H groups in total. The molecule has 0 saturated carbocycles. The van der Waals surface area contributed by atoms with Crippen LogP contribution in [0.4, 0.5) is 11.4 Å². The minimum atomic E-state index is -3.29. The number of carbonyl (C=O) groups excluding carboxylic acids is 1. The summed E-state index contributed by atoms with van der Waals surface area (Å²) in [7, 11) is -1.56. The molecule has 0 bridgehead atoms. The van der Waals surface area contributed by atoms with Crippen molar-refractivity contribution in [1.29, 1.82) is 0 Å². The van der Waals surface area contributed by atoms with Crippen LogP contribution in [0.5, 0.6) is 0 Å². The summed E-state index contributed by atoms with van der Waals surface area (Å²) in [6.07, 6.45) is 2.59. The predicted octanol–water partition coefficient (Wildman–Crippen LogP) is 1.45. The number of sulfonamides is 1. The van der Waals surface area contributed by atoms with Crippen LogP contribution in [0.15, 0.2) is 24.3 Å². The Morgan fingerprint density at radius 3 is 2.33 bits per heavy atom. The second-order valence-corrected chi connectivity index (χ2v) is 6.95. The highest BCUT2D eigenvalue weighted by atomic mass is 32.2. The van der Waals surface area contributed by atoms with Gasteiger partial charge in [0, 0.05) is 37.6 Å². The number of nitrogens with zero attached hydrogens (tertiary/aromatic N) is 1. The van der Waals surface area contributed by atoms with Gasteiger partial charge in [0.15, 0.2) is 0 Å². The molecule has 1 aromatic carbocycles. The van der Waals surface area contributed by atoms with Crippen molar-refractivity contribution in [3.63, 3.8) is 0 Å². The lowest BCUT2D eigenvalue weighted by atomic mass is 9.98. The van der Waals surface area contributed by atoms with Crippen LogP contribution in [0.25, 0.3) is 0 Å². The molecule has 0 radical (unpaired) electrons. The van der Waals surface area contributed by atoms with Gasteiger partial charge in [-0.25, -0.2) is 8.42 Å². The quantitative estimate of drug-likeness (QED) is 0.913. The van der Waals surface area contributed by atoms with Crippen molar-refractivity contribution in [3.05, 3.63) is 24.3 Å². The fourth-order valence-electron chi connectivity index (χ4n) is 2.31. The summed E-state index contributed by atoms with van der Waals surface area (Å²) >= 11 is 0. The molecule has 6 nitrogen and oxygen atoms in total. The first-order chi connectivity index (χ1) is 9.87. The van der Waals surface area contributed by atoms with E-state index >= 15 is 0 Å². The number of hydrogen-bond acceptors (Lipinski definition) is 4. The minimum Gasteiger partial charge on any atom is -0.381 e. The third-order valence-corrected chi connectivity index (χ3v) is 4.07. The first-order valence-corrected chi connectivity index (χ1v) is 8.69. The maximum Gasteiger partial charge on any atom is 0.230 e. The third-order valence-electron chi connectivity index (χ3n) is 3.46. The van der Waals surface area contributed by atoms with Crippen LogP contribution in [0, 0.1) is 5.92 Å². The molecule has 0 spiro atoms. The number of anilines is 2. The highest BCUT2D eigenvalue weighted by molar-refractivity contribution is 7.92. The molecule has 2 rings (SSSR count). The summed E-state index contributed by atoms with van der Waals surface area (Å²) in [5.41, 5.74) is 1.22. The Kier molecular flexibility index (Phi) is 4.84. The van der Waals surface area contributed by atoms with E-state index in [0.717, 1.165) is 24.8 Å². The Balaban J connectivity index is 2.05. The number of benzene rings is 1. The maximum atomic E-state index is 12.4. The first kappa shape index (κ1) is 15.8. The number of nitrogens with one attached hydrogen (secondary N) is 1. The largest absolute Gasteiger partial charge is 0.381 e. The molecule has 116 valence electrons. The number of hydrogen-bond donors (Lipinski definition) is 1. The smallest absolute Gasteiger partial charge is 0.230 e. The van der Waals surface area contributed by atoms with E-state index < -0.39 is 10.0 Å². The molecule has 1 saturated heterocycles. The van der Waals surface area contributed by atoms with Crippen molar-refractivity contribution in [2.75, 3.05) is 36.1 Å². The van der Waals surface area contributed by atoms with E-state index in [1.807, 2.05) is 0 Å². The van der Waals surface area contributed by atoms with Gasteiger partial charge >= 0.3 is 0 Å². The molecule has 1 fully saturated rings. The zero-order valence-corrected chi connectivity index (χ0v) is 13.0. The SMILES string of the molecule is CN(C(=O)C1CCOCC1)c1ccc(NS(C)(=O)=O)cc1. The molecule has 1 aliphatic heterocycles. The van der Waals surface area contributed by atoms with E-state index in [2.05, 4.69) is 4.72 Å². The molecule has 0 unspecified atom stereocenters. The Labute approximate surface area is 125 Å². The number of amides is 1. The van der Waals surface area contributed by atoms with Crippen molar-refractivity contribution in [2.45, 2.75) is 12.8 Å². The van der Waals surface area contributed by atoms with Gasteiger partial charge in [0.1, 0.15) is 0 Å². The van der Waals surface area contributed by atoms with Gasteiger partial charge in [-0.05, 0) is 37.1 Å². The van der Waals surface area contributed by atoms with Crippen molar-refractivity contribution in [2.24, 2.45) is 5.92 Å². The molecule has 0 atom stereocenters. The van der Waals surface area contributed by atoms with Gasteiger partial charge in [-0.2, -0.15) is 0 Å². The van der Waals surface area contributed by atoms with E-state index in [1.165, 1.54) is 0 Å². The van der Waals surface area contributed by atoms with Crippen LogP contribution in [0.1, 0.15) is 12.8 Å². The van der Waals surface area contributed by atoms with Crippen LogP contribution >= 0.6 is 0 Å². The highest BCUT2D eigenvalue weighted by Crippen LogP contribution is 2.22. The standard InChI is InChI=1S/C14H20N2O4S/c1-16(14(17)11-7-9-20-10-8-11)13-5-3-12(4-6-13)15-21(2,18)19/h3-6,11,15H,7-10H2,1-2H3. The van der Waals surface area contributed by atoms with Crippen LogP contribution in [-0.4, -0.2) is 40.8 Å². The molecule has 0 aromatic heterocycles. The van der Waals surface area contributed by atoms with Gasteiger partial charge in [0.05, 0.1) is 6.26 Å². The lowest BCUT2D eigenvalue weighted by Gasteiger charge is -2.26. The van der Waals surface area contributed by atoms with Crippen molar-refractivity contribution in [3.8, 4) is 0 Å². The summed E-state index contributed by atoms with van der Waals surface area (Å²) in [4.78, 5) is 14.0. The summed E-state index contributed by atoms with van der Waals surface area (Å²) < 4.78 is 29.9. The summed E-state index contributed by atoms with van der Waals surface area (Å²) in [6.45, 7) is 1.25. The van der Waals surface area contributed by atoms with Crippen molar-refractivity contribution in [1.82, 2.24) is 0 Å². The minimum absolute atomic E-state index is 0.00225. The topological polar surface area (TPSA) is 75.7 Å². The number of carbonyl (C=O) groups is 1. The summed E-state index contributed by atoms with van der Waals surface area (Å²) in [5, 5.41) is 0. The van der Waals surface area contributed by atoms with E-state index in [0.29, 0.717) is 18.9 Å². The molecular formula is C14H20N2O4S. The molecule has 21 heavy (non-hydrogen) atoms. The normalized spacial score (nSPS) is 16.5. The van der Waals surface area contributed by atoms with Gasteiger partial charge in [-0.1, -0.05) is 0 Å². The lowest BCUT2D eigenvalue weighted by molar-refractivity contribution is -0.124. The molecule has 1 amide bonds. The maximum absolute atomic E-state index is 12.4. The summed E-state index contributed by atoms with van der Waals surface area (Å²) in [5.74, 6) is 0.0692. The van der Waals surface area contributed by atoms with Gasteiger partial charge in [-0.3, -0.25) is 9.52 Å². The van der Waals surface area contributed by atoms with Gasteiger partial charge < -0.3 is 9.64 Å². The van der Waals surface area contributed by atoms with E-state index in [9.17, 15) is 13.2 Å². The number of rotatable bonds is 4. The third kappa shape index (κ3) is 4.44.